The van der Waals surface area contributed by atoms with E-state index in [-0.39, 0.29) is 23.8 Å². The van der Waals surface area contributed by atoms with Crippen LogP contribution in [0.25, 0.3) is 0 Å². The molecule has 2 aromatic carbocycles. The smallest absolute Gasteiger partial charge is 0.251 e. The number of hydrogen-bond donors (Lipinski definition) is 2. The minimum absolute atomic E-state index is 0.0587. The molecule has 0 spiro atoms. The maximum atomic E-state index is 12.9. The van der Waals surface area contributed by atoms with E-state index < -0.39 is 17.1 Å². The van der Waals surface area contributed by atoms with E-state index in [0.29, 0.717) is 24.1 Å². The number of rotatable bonds is 14. The van der Waals surface area contributed by atoms with Gasteiger partial charge in [-0.05, 0) is 75.1 Å². The van der Waals surface area contributed by atoms with Crippen LogP contribution in [0.3, 0.4) is 0 Å². The normalized spacial score (nSPS) is 14.0. The topological polar surface area (TPSA) is 88.1 Å². The van der Waals surface area contributed by atoms with E-state index in [0.717, 1.165) is 23.3 Å². The van der Waals surface area contributed by atoms with E-state index >= 15 is 0 Å². The maximum absolute atomic E-state index is 12.9. The van der Waals surface area contributed by atoms with Crippen LogP contribution in [0.2, 0.25) is 0 Å². The Morgan fingerprint density at radius 2 is 1.78 bits per heavy atom. The van der Waals surface area contributed by atoms with Crippen LogP contribution in [0, 0.1) is 0 Å². The zero-order valence-corrected chi connectivity index (χ0v) is 23.0. The highest BCUT2D eigenvalue weighted by atomic mass is 32.2. The van der Waals surface area contributed by atoms with Crippen molar-refractivity contribution in [3.8, 4) is 5.75 Å². The van der Waals surface area contributed by atoms with Crippen molar-refractivity contribution in [2.75, 3.05) is 32.1 Å². The molecule has 0 bridgehead atoms. The van der Waals surface area contributed by atoms with Gasteiger partial charge in [-0.25, -0.2) is 4.21 Å². The third-order valence-corrected chi connectivity index (χ3v) is 7.35. The van der Waals surface area contributed by atoms with Gasteiger partial charge in [0, 0.05) is 43.6 Å². The van der Waals surface area contributed by atoms with Crippen LogP contribution in [0.1, 0.15) is 48.7 Å². The van der Waals surface area contributed by atoms with E-state index in [2.05, 4.69) is 17.5 Å². The standard InChI is InChI=1S/C28H40N2O5S/c1-20(2)36(33)30(4)25-16-23(11-8-7-10-22-12-9-13-27(17-22)35-6)15-24(18-25)28(32)29-19-26(31)14-21(3)34-5/h7-9,12-13,15-18,20-21,26,31H,10-11,14,19H2,1-6H3,(H,29,32)/b8-7+. The van der Waals surface area contributed by atoms with Gasteiger partial charge in [-0.1, -0.05) is 24.3 Å². The van der Waals surface area contributed by atoms with Crippen molar-refractivity contribution < 1.29 is 23.6 Å². The average molecular weight is 517 g/mol. The summed E-state index contributed by atoms with van der Waals surface area (Å²) in [6.07, 6.45) is 5.15. The fourth-order valence-electron chi connectivity index (χ4n) is 3.64. The van der Waals surface area contributed by atoms with E-state index in [1.165, 1.54) is 0 Å². The third kappa shape index (κ3) is 9.41. The van der Waals surface area contributed by atoms with Crippen LogP contribution in [-0.4, -0.2) is 60.5 Å². The number of carbonyl (C=O) groups excluding carboxylic acids is 1. The number of allylic oxidation sites excluding steroid dienone is 2. The Morgan fingerprint density at radius 3 is 2.42 bits per heavy atom. The molecule has 0 saturated carbocycles. The fraction of sp³-hybridized carbons (Fsp3) is 0.464. The molecule has 2 N–H and O–H groups in total. The number of carbonyl (C=O) groups is 1. The molecule has 0 heterocycles. The second-order valence-electron chi connectivity index (χ2n) is 9.09. The number of hydrogen-bond acceptors (Lipinski definition) is 5. The number of aliphatic hydroxyl groups is 1. The number of nitrogens with one attached hydrogen (secondary N) is 1. The SMILES string of the molecule is COc1cccc(C/C=C/Cc2cc(C(=O)NCC(O)CC(C)OC)cc(N(C)S(=O)C(C)C)c2)c1. The quantitative estimate of drug-likeness (QED) is 0.370. The third-order valence-electron chi connectivity index (χ3n) is 5.79. The molecule has 0 saturated heterocycles. The summed E-state index contributed by atoms with van der Waals surface area (Å²) in [7, 11) is 3.78. The Labute approximate surface area is 218 Å². The Hall–Kier alpha value is -2.68. The molecule has 0 aromatic heterocycles. The van der Waals surface area contributed by atoms with Gasteiger partial charge in [0.15, 0.2) is 0 Å². The number of nitrogens with zero attached hydrogens (tertiary/aromatic N) is 1. The molecule has 1 amide bonds. The van der Waals surface area contributed by atoms with E-state index in [9.17, 15) is 14.1 Å². The number of amides is 1. The summed E-state index contributed by atoms with van der Waals surface area (Å²) in [6, 6.07) is 13.5. The molecular formula is C28H40N2O5S. The minimum Gasteiger partial charge on any atom is -0.497 e. The van der Waals surface area contributed by atoms with Crippen molar-refractivity contribution in [1.29, 1.82) is 0 Å². The summed E-state index contributed by atoms with van der Waals surface area (Å²) in [5.41, 5.74) is 3.25. The summed E-state index contributed by atoms with van der Waals surface area (Å²) in [5.74, 6) is 0.540. The number of ether oxygens (including phenoxy) is 2. The average Bonchev–Trinajstić information content (AvgIpc) is 2.88. The van der Waals surface area contributed by atoms with Crippen molar-refractivity contribution in [3.05, 3.63) is 71.3 Å². The Bertz CT molecular complexity index is 1040. The monoisotopic (exact) mass is 516 g/mol. The molecule has 2 aromatic rings. The lowest BCUT2D eigenvalue weighted by molar-refractivity contribution is 0.0544. The molecule has 0 radical (unpaired) electrons. The van der Waals surface area contributed by atoms with Gasteiger partial charge in [-0.3, -0.25) is 9.10 Å². The van der Waals surface area contributed by atoms with E-state index in [1.54, 1.807) is 31.6 Å². The minimum atomic E-state index is -1.23. The molecule has 0 fully saturated rings. The van der Waals surface area contributed by atoms with Gasteiger partial charge in [-0.15, -0.1) is 0 Å². The molecule has 3 atom stereocenters. The molecule has 3 unspecified atom stereocenters. The molecule has 7 nitrogen and oxygen atoms in total. The largest absolute Gasteiger partial charge is 0.497 e. The van der Waals surface area contributed by atoms with Crippen LogP contribution in [0.5, 0.6) is 5.75 Å². The molecule has 2 rings (SSSR count). The Morgan fingerprint density at radius 1 is 1.08 bits per heavy atom. The van der Waals surface area contributed by atoms with Gasteiger partial charge >= 0.3 is 0 Å². The van der Waals surface area contributed by atoms with Crippen molar-refractivity contribution in [1.82, 2.24) is 5.32 Å². The van der Waals surface area contributed by atoms with Crippen LogP contribution in [0.15, 0.2) is 54.6 Å². The zero-order valence-electron chi connectivity index (χ0n) is 22.2. The van der Waals surface area contributed by atoms with Gasteiger partial charge in [0.2, 0.25) is 0 Å². The summed E-state index contributed by atoms with van der Waals surface area (Å²) in [4.78, 5) is 12.9. The Kier molecular flexibility index (Phi) is 12.1. The number of benzene rings is 2. The summed E-state index contributed by atoms with van der Waals surface area (Å²) in [6.45, 7) is 5.79. The number of methoxy groups -OCH3 is 2. The second-order valence-corrected chi connectivity index (χ2v) is 11.1. The van der Waals surface area contributed by atoms with Crippen molar-refractivity contribution >= 4 is 22.6 Å². The lowest BCUT2D eigenvalue weighted by atomic mass is 10.0. The molecule has 0 aliphatic carbocycles. The molecule has 0 aliphatic heterocycles. The molecule has 0 aliphatic rings. The predicted molar refractivity (Wildman–Crippen MR) is 147 cm³/mol. The number of aliphatic hydroxyl groups excluding tert-OH is 1. The first-order valence-electron chi connectivity index (χ1n) is 12.2. The highest BCUT2D eigenvalue weighted by Gasteiger charge is 2.17. The lowest BCUT2D eigenvalue weighted by Crippen LogP contribution is -2.34. The summed E-state index contributed by atoms with van der Waals surface area (Å²) >= 11 is 0. The van der Waals surface area contributed by atoms with Crippen LogP contribution in [0.4, 0.5) is 5.69 Å². The maximum Gasteiger partial charge on any atom is 0.251 e. The van der Waals surface area contributed by atoms with Gasteiger partial charge in [-0.2, -0.15) is 0 Å². The van der Waals surface area contributed by atoms with Gasteiger partial charge in [0.05, 0.1) is 19.3 Å². The van der Waals surface area contributed by atoms with Gasteiger partial charge in [0.25, 0.3) is 5.91 Å². The van der Waals surface area contributed by atoms with Crippen molar-refractivity contribution in [2.45, 2.75) is 57.5 Å². The summed E-state index contributed by atoms with van der Waals surface area (Å²) in [5, 5.41) is 12.9. The highest BCUT2D eigenvalue weighted by Crippen LogP contribution is 2.22. The van der Waals surface area contributed by atoms with Crippen molar-refractivity contribution in [2.24, 2.45) is 0 Å². The van der Waals surface area contributed by atoms with Crippen LogP contribution >= 0.6 is 0 Å². The highest BCUT2D eigenvalue weighted by molar-refractivity contribution is 7.87. The fourth-order valence-corrected chi connectivity index (χ4v) is 4.58. The van der Waals surface area contributed by atoms with Crippen LogP contribution < -0.4 is 14.4 Å². The molecule has 8 heteroatoms. The molecule has 36 heavy (non-hydrogen) atoms. The van der Waals surface area contributed by atoms with E-state index in [4.69, 9.17) is 9.47 Å². The lowest BCUT2D eigenvalue weighted by Gasteiger charge is -2.22. The van der Waals surface area contributed by atoms with Gasteiger partial charge < -0.3 is 19.9 Å². The van der Waals surface area contributed by atoms with E-state index in [1.807, 2.05) is 57.2 Å². The first-order chi connectivity index (χ1) is 17.1. The van der Waals surface area contributed by atoms with Crippen LogP contribution in [-0.2, 0) is 28.6 Å². The zero-order chi connectivity index (χ0) is 26.7. The molecule has 198 valence electrons. The van der Waals surface area contributed by atoms with Gasteiger partial charge in [0.1, 0.15) is 16.7 Å². The molecular weight excluding hydrogens is 476 g/mol. The van der Waals surface area contributed by atoms with Crippen molar-refractivity contribution in [3.63, 3.8) is 0 Å². The Balaban J connectivity index is 2.18. The summed E-state index contributed by atoms with van der Waals surface area (Å²) < 4.78 is 24.9. The number of anilines is 1. The first-order valence-corrected chi connectivity index (χ1v) is 13.4. The first kappa shape index (κ1) is 29.5. The predicted octanol–water partition coefficient (Wildman–Crippen LogP) is 4.06. The second kappa shape index (κ2) is 14.8.